The number of rotatable bonds is 7. The van der Waals surface area contributed by atoms with Crippen LogP contribution in [-0.2, 0) is 10.6 Å². The summed E-state index contributed by atoms with van der Waals surface area (Å²) in [5.41, 5.74) is 0.945. The van der Waals surface area contributed by atoms with Crippen molar-refractivity contribution >= 4 is 22.9 Å². The Balaban J connectivity index is 2.29. The smallest absolute Gasteiger partial charge is 0.122 e. The zero-order valence-corrected chi connectivity index (χ0v) is 10.9. The summed E-state index contributed by atoms with van der Waals surface area (Å²) in [6.45, 7) is 5.06. The topological polar surface area (TPSA) is 22.1 Å². The summed E-state index contributed by atoms with van der Waals surface area (Å²) in [4.78, 5) is 4.39. The Labute approximate surface area is 101 Å². The normalized spacial score (nSPS) is 13.0. The third-order valence-corrected chi connectivity index (χ3v) is 3.50. The van der Waals surface area contributed by atoms with Crippen molar-refractivity contribution in [3.05, 3.63) is 16.1 Å². The highest BCUT2D eigenvalue weighted by Gasteiger charge is 2.10. The molecule has 4 heteroatoms. The fourth-order valence-corrected chi connectivity index (χ4v) is 2.31. The zero-order chi connectivity index (χ0) is 11.1. The molecule has 0 N–H and O–H groups in total. The molecule has 0 aliphatic rings. The van der Waals surface area contributed by atoms with Gasteiger partial charge >= 0.3 is 0 Å². The number of aromatic nitrogens is 1. The molecule has 0 aromatic carbocycles. The molecule has 0 spiro atoms. The molecule has 86 valence electrons. The lowest BCUT2D eigenvalue weighted by Crippen LogP contribution is -2.01. The van der Waals surface area contributed by atoms with Crippen LogP contribution in [0.5, 0.6) is 0 Å². The molecule has 0 saturated heterocycles. The minimum absolute atomic E-state index is 0.101. The van der Waals surface area contributed by atoms with Crippen LogP contribution < -0.4 is 0 Å². The van der Waals surface area contributed by atoms with Crippen molar-refractivity contribution in [3.63, 3.8) is 0 Å². The van der Waals surface area contributed by atoms with Gasteiger partial charge in [-0.25, -0.2) is 4.98 Å². The molecule has 1 aromatic rings. The van der Waals surface area contributed by atoms with Crippen molar-refractivity contribution in [1.29, 1.82) is 0 Å². The van der Waals surface area contributed by atoms with Crippen LogP contribution in [0.2, 0.25) is 0 Å². The molecule has 0 amide bonds. The second-order valence-electron chi connectivity index (χ2n) is 3.53. The van der Waals surface area contributed by atoms with Gasteiger partial charge in [-0.2, -0.15) is 0 Å². The molecule has 2 nitrogen and oxygen atoms in total. The fraction of sp³-hybridized carbons (Fsp3) is 0.727. The molecule has 1 rings (SSSR count). The van der Waals surface area contributed by atoms with Crippen LogP contribution in [0.3, 0.4) is 0 Å². The van der Waals surface area contributed by atoms with E-state index in [9.17, 15) is 0 Å². The zero-order valence-electron chi connectivity index (χ0n) is 9.33. The van der Waals surface area contributed by atoms with E-state index in [2.05, 4.69) is 11.9 Å². The van der Waals surface area contributed by atoms with Crippen molar-refractivity contribution in [3.8, 4) is 0 Å². The van der Waals surface area contributed by atoms with Crippen LogP contribution in [-0.4, -0.2) is 11.6 Å². The largest absolute Gasteiger partial charge is 0.371 e. The Bertz CT molecular complexity index is 277. The van der Waals surface area contributed by atoms with E-state index in [4.69, 9.17) is 16.3 Å². The first-order chi connectivity index (χ1) is 7.27. The molecule has 1 atom stereocenters. The van der Waals surface area contributed by atoms with Crippen LogP contribution >= 0.6 is 22.9 Å². The Kier molecular flexibility index (Phi) is 6.22. The van der Waals surface area contributed by atoms with E-state index in [-0.39, 0.29) is 6.10 Å². The van der Waals surface area contributed by atoms with Gasteiger partial charge in [-0.1, -0.05) is 19.8 Å². The van der Waals surface area contributed by atoms with Crippen LogP contribution in [0.1, 0.15) is 49.9 Å². The van der Waals surface area contributed by atoms with E-state index in [1.165, 1.54) is 12.8 Å². The minimum atomic E-state index is 0.101. The summed E-state index contributed by atoms with van der Waals surface area (Å²) in [5.74, 6) is 0.485. The number of halogens is 1. The lowest BCUT2D eigenvalue weighted by molar-refractivity contribution is 0.0627. The standard InChI is InChI=1S/C11H18ClNOS/c1-3-4-5-6-14-9(2)11-13-10(7-12)8-15-11/h8-9H,3-7H2,1-2H3. The first-order valence-corrected chi connectivity index (χ1v) is 6.81. The van der Waals surface area contributed by atoms with Crippen LogP contribution in [0.25, 0.3) is 0 Å². The van der Waals surface area contributed by atoms with E-state index in [1.807, 2.05) is 12.3 Å². The van der Waals surface area contributed by atoms with Crippen LogP contribution in [0.15, 0.2) is 5.38 Å². The van der Waals surface area contributed by atoms with Gasteiger partial charge < -0.3 is 4.74 Å². The predicted molar refractivity (Wildman–Crippen MR) is 65.6 cm³/mol. The van der Waals surface area contributed by atoms with Gasteiger partial charge in [0, 0.05) is 12.0 Å². The number of hydrogen-bond acceptors (Lipinski definition) is 3. The molecule has 1 unspecified atom stereocenters. The van der Waals surface area contributed by atoms with E-state index in [0.717, 1.165) is 23.7 Å². The molecule has 1 aromatic heterocycles. The van der Waals surface area contributed by atoms with Crippen molar-refractivity contribution in [2.45, 2.75) is 45.1 Å². The molecule has 0 aliphatic carbocycles. The van der Waals surface area contributed by atoms with E-state index in [0.29, 0.717) is 5.88 Å². The van der Waals surface area contributed by atoms with Crippen molar-refractivity contribution in [2.24, 2.45) is 0 Å². The predicted octanol–water partition coefficient (Wildman–Crippen LogP) is 4.15. The van der Waals surface area contributed by atoms with Gasteiger partial charge in [0.2, 0.25) is 0 Å². The maximum Gasteiger partial charge on any atom is 0.122 e. The third-order valence-electron chi connectivity index (χ3n) is 2.17. The quantitative estimate of drug-likeness (QED) is 0.534. The molecule has 1 heterocycles. The van der Waals surface area contributed by atoms with Crippen molar-refractivity contribution in [2.75, 3.05) is 6.61 Å². The lowest BCUT2D eigenvalue weighted by atomic mass is 10.3. The van der Waals surface area contributed by atoms with Crippen molar-refractivity contribution in [1.82, 2.24) is 4.98 Å². The number of ether oxygens (including phenoxy) is 1. The maximum absolute atomic E-state index is 5.69. The molecule has 0 fully saturated rings. The number of nitrogens with zero attached hydrogens (tertiary/aromatic N) is 1. The Morgan fingerprint density at radius 1 is 1.53 bits per heavy atom. The average molecular weight is 248 g/mol. The highest BCUT2D eigenvalue weighted by molar-refractivity contribution is 7.09. The molecular weight excluding hydrogens is 230 g/mol. The molecule has 0 radical (unpaired) electrons. The number of thiazole rings is 1. The fourth-order valence-electron chi connectivity index (χ4n) is 1.25. The van der Waals surface area contributed by atoms with Crippen molar-refractivity contribution < 1.29 is 4.74 Å². The second-order valence-corrected chi connectivity index (χ2v) is 4.69. The molecule has 15 heavy (non-hydrogen) atoms. The van der Waals surface area contributed by atoms with E-state index in [1.54, 1.807) is 11.3 Å². The monoisotopic (exact) mass is 247 g/mol. The first-order valence-electron chi connectivity index (χ1n) is 5.39. The second kappa shape index (κ2) is 7.20. The summed E-state index contributed by atoms with van der Waals surface area (Å²) >= 11 is 7.32. The summed E-state index contributed by atoms with van der Waals surface area (Å²) in [6, 6.07) is 0. The number of hydrogen-bond donors (Lipinski definition) is 0. The summed E-state index contributed by atoms with van der Waals surface area (Å²) in [5, 5.41) is 3.02. The van der Waals surface area contributed by atoms with E-state index < -0.39 is 0 Å². The molecular formula is C11H18ClNOS. The summed E-state index contributed by atoms with van der Waals surface area (Å²) in [6.07, 6.45) is 3.70. The lowest BCUT2D eigenvalue weighted by Gasteiger charge is -2.09. The summed E-state index contributed by atoms with van der Waals surface area (Å²) in [7, 11) is 0. The van der Waals surface area contributed by atoms with Gasteiger partial charge in [-0.15, -0.1) is 22.9 Å². The third kappa shape index (κ3) is 4.49. The maximum atomic E-state index is 5.69. The highest BCUT2D eigenvalue weighted by atomic mass is 35.5. The Morgan fingerprint density at radius 2 is 2.33 bits per heavy atom. The van der Waals surface area contributed by atoms with Gasteiger partial charge in [0.15, 0.2) is 0 Å². The Morgan fingerprint density at radius 3 is 2.93 bits per heavy atom. The van der Waals surface area contributed by atoms with Crippen LogP contribution in [0, 0.1) is 0 Å². The summed E-state index contributed by atoms with van der Waals surface area (Å²) < 4.78 is 5.69. The van der Waals surface area contributed by atoms with Crippen LogP contribution in [0.4, 0.5) is 0 Å². The van der Waals surface area contributed by atoms with Gasteiger partial charge in [-0.3, -0.25) is 0 Å². The van der Waals surface area contributed by atoms with Gasteiger partial charge in [0.1, 0.15) is 11.1 Å². The Hall–Kier alpha value is -0.120. The molecule has 0 aliphatic heterocycles. The van der Waals surface area contributed by atoms with E-state index >= 15 is 0 Å². The minimum Gasteiger partial charge on any atom is -0.371 e. The molecule has 0 bridgehead atoms. The highest BCUT2D eigenvalue weighted by Crippen LogP contribution is 2.22. The van der Waals surface area contributed by atoms with Gasteiger partial charge in [-0.05, 0) is 13.3 Å². The molecule has 0 saturated carbocycles. The van der Waals surface area contributed by atoms with Gasteiger partial charge in [0.05, 0.1) is 11.6 Å². The average Bonchev–Trinajstić information content (AvgIpc) is 2.72. The SMILES string of the molecule is CCCCCOC(C)c1nc(CCl)cs1. The first kappa shape index (κ1) is 12.9. The number of unbranched alkanes of at least 4 members (excludes halogenated alkanes) is 2. The van der Waals surface area contributed by atoms with Gasteiger partial charge in [0.25, 0.3) is 0 Å². The number of alkyl halides is 1.